The Morgan fingerprint density at radius 1 is 1.38 bits per heavy atom. The second kappa shape index (κ2) is 4.59. The number of aromatic hydroxyl groups is 1. The molecule has 2 aliphatic heterocycles. The molecular formula is C13H14N2O6. The minimum atomic E-state index is -1.45. The van der Waals surface area contributed by atoms with Crippen LogP contribution in [0.2, 0.25) is 0 Å². The van der Waals surface area contributed by atoms with Gasteiger partial charge in [0, 0.05) is 12.7 Å². The number of amides is 1. The van der Waals surface area contributed by atoms with Crippen molar-refractivity contribution in [3.63, 3.8) is 0 Å². The van der Waals surface area contributed by atoms with Crippen LogP contribution < -0.4 is 5.43 Å². The normalized spacial score (nSPS) is 24.4. The van der Waals surface area contributed by atoms with Gasteiger partial charge in [-0.3, -0.25) is 9.59 Å². The predicted molar refractivity (Wildman–Crippen MR) is 69.3 cm³/mol. The van der Waals surface area contributed by atoms with E-state index in [1.165, 1.54) is 9.47 Å². The van der Waals surface area contributed by atoms with Crippen molar-refractivity contribution in [1.82, 2.24) is 9.47 Å². The van der Waals surface area contributed by atoms with Crippen LogP contribution in [-0.2, 0) is 11.3 Å². The van der Waals surface area contributed by atoms with E-state index in [2.05, 4.69) is 0 Å². The highest BCUT2D eigenvalue weighted by molar-refractivity contribution is 5.97. The zero-order chi connectivity index (χ0) is 15.3. The maximum absolute atomic E-state index is 12.4. The molecule has 1 fully saturated rings. The molecule has 0 spiro atoms. The van der Waals surface area contributed by atoms with Crippen LogP contribution in [-0.4, -0.2) is 50.9 Å². The second-order valence-electron chi connectivity index (χ2n) is 5.38. The zero-order valence-electron chi connectivity index (χ0n) is 11.3. The number of carbonyl (C=O) groups is 2. The Labute approximate surface area is 119 Å². The summed E-state index contributed by atoms with van der Waals surface area (Å²) in [7, 11) is 0. The van der Waals surface area contributed by atoms with Crippen LogP contribution in [0.15, 0.2) is 11.0 Å². The summed E-state index contributed by atoms with van der Waals surface area (Å²) in [6, 6.07) is 0. The first-order valence-corrected chi connectivity index (χ1v) is 6.52. The highest BCUT2D eigenvalue weighted by Gasteiger charge is 2.39. The maximum Gasteiger partial charge on any atom is 0.341 e. The van der Waals surface area contributed by atoms with E-state index in [0.717, 1.165) is 6.20 Å². The Balaban J connectivity index is 2.14. The minimum absolute atomic E-state index is 0.156. The summed E-state index contributed by atoms with van der Waals surface area (Å²) in [5, 5.41) is 18.9. The van der Waals surface area contributed by atoms with E-state index >= 15 is 0 Å². The van der Waals surface area contributed by atoms with Gasteiger partial charge in [0.2, 0.25) is 5.43 Å². The molecule has 1 amide bonds. The van der Waals surface area contributed by atoms with Crippen molar-refractivity contribution in [2.24, 2.45) is 5.92 Å². The molecule has 1 saturated heterocycles. The molecule has 0 bridgehead atoms. The van der Waals surface area contributed by atoms with E-state index in [-0.39, 0.29) is 18.2 Å². The second-order valence-corrected chi connectivity index (χ2v) is 5.38. The van der Waals surface area contributed by atoms with Crippen molar-refractivity contribution in [3.05, 3.63) is 27.7 Å². The summed E-state index contributed by atoms with van der Waals surface area (Å²) >= 11 is 0. The van der Waals surface area contributed by atoms with Crippen LogP contribution in [0.1, 0.15) is 27.8 Å². The number of fused-ring (bicyclic) bond motifs is 2. The molecular weight excluding hydrogens is 280 g/mol. The molecule has 1 aromatic heterocycles. The molecule has 2 aliphatic rings. The first kappa shape index (κ1) is 13.6. The smallest absolute Gasteiger partial charge is 0.341 e. The third kappa shape index (κ3) is 1.99. The average molecular weight is 294 g/mol. The van der Waals surface area contributed by atoms with Crippen molar-refractivity contribution in [2.45, 2.75) is 19.7 Å². The van der Waals surface area contributed by atoms with Gasteiger partial charge in [-0.15, -0.1) is 0 Å². The van der Waals surface area contributed by atoms with Crippen molar-refractivity contribution < 1.29 is 24.5 Å². The Bertz CT molecular complexity index is 695. The highest BCUT2D eigenvalue weighted by Crippen LogP contribution is 2.27. The summed E-state index contributed by atoms with van der Waals surface area (Å²) in [5.41, 5.74) is -1.80. The van der Waals surface area contributed by atoms with Gasteiger partial charge in [-0.2, -0.15) is 0 Å². The van der Waals surface area contributed by atoms with Gasteiger partial charge in [0.15, 0.2) is 17.7 Å². The lowest BCUT2D eigenvalue weighted by Gasteiger charge is -2.42. The van der Waals surface area contributed by atoms with Gasteiger partial charge in [0.25, 0.3) is 5.91 Å². The lowest BCUT2D eigenvalue weighted by molar-refractivity contribution is -0.111. The molecule has 8 nitrogen and oxygen atoms in total. The van der Waals surface area contributed by atoms with E-state index in [4.69, 9.17) is 9.84 Å². The fourth-order valence-electron chi connectivity index (χ4n) is 2.71. The first-order valence-electron chi connectivity index (χ1n) is 6.52. The van der Waals surface area contributed by atoms with E-state index < -0.39 is 34.8 Å². The number of aromatic carboxylic acids is 1. The lowest BCUT2D eigenvalue weighted by Crippen LogP contribution is -2.55. The molecule has 0 aromatic carbocycles. The van der Waals surface area contributed by atoms with Crippen LogP contribution in [0.5, 0.6) is 5.75 Å². The van der Waals surface area contributed by atoms with Gasteiger partial charge in [0.1, 0.15) is 5.56 Å². The van der Waals surface area contributed by atoms with E-state index in [0.29, 0.717) is 13.2 Å². The Kier molecular flexibility index (Phi) is 2.98. The third-order valence-electron chi connectivity index (χ3n) is 3.73. The number of pyridine rings is 1. The summed E-state index contributed by atoms with van der Waals surface area (Å²) in [4.78, 5) is 36.7. The molecule has 112 valence electrons. The number of ether oxygens (including phenoxy) is 1. The minimum Gasteiger partial charge on any atom is -0.503 e. The summed E-state index contributed by atoms with van der Waals surface area (Å²) in [6.07, 6.45) is 0.570. The number of carbonyl (C=O) groups excluding carboxylic acids is 1. The van der Waals surface area contributed by atoms with Crippen molar-refractivity contribution in [1.29, 1.82) is 0 Å². The average Bonchev–Trinajstić information content (AvgIpc) is 2.43. The fraction of sp³-hybridized carbons (Fsp3) is 0.462. The number of carboxylic acid groups (broad SMARTS) is 1. The van der Waals surface area contributed by atoms with Gasteiger partial charge in [0.05, 0.1) is 13.2 Å². The molecule has 0 aliphatic carbocycles. The molecule has 0 radical (unpaired) electrons. The van der Waals surface area contributed by atoms with Crippen LogP contribution >= 0.6 is 0 Å². The third-order valence-corrected chi connectivity index (χ3v) is 3.73. The number of carboxylic acids is 1. The number of hydrogen-bond acceptors (Lipinski definition) is 5. The topological polar surface area (TPSA) is 109 Å². The summed E-state index contributed by atoms with van der Waals surface area (Å²) in [6.45, 7) is 3.08. The van der Waals surface area contributed by atoms with Crippen molar-refractivity contribution in [3.8, 4) is 5.75 Å². The molecule has 3 heterocycles. The van der Waals surface area contributed by atoms with E-state index in [1.54, 1.807) is 0 Å². The fourth-order valence-corrected chi connectivity index (χ4v) is 2.71. The maximum atomic E-state index is 12.4. The number of nitrogens with zero attached hydrogens (tertiary/aromatic N) is 2. The Hall–Kier alpha value is -2.35. The monoisotopic (exact) mass is 294 g/mol. The molecule has 2 atom stereocenters. The quantitative estimate of drug-likeness (QED) is 0.736. The van der Waals surface area contributed by atoms with Gasteiger partial charge in [-0.25, -0.2) is 4.79 Å². The zero-order valence-corrected chi connectivity index (χ0v) is 11.3. The van der Waals surface area contributed by atoms with Crippen LogP contribution in [0, 0.1) is 5.92 Å². The molecule has 0 saturated carbocycles. The molecule has 0 unspecified atom stereocenters. The Morgan fingerprint density at radius 2 is 2.10 bits per heavy atom. The molecule has 8 heteroatoms. The largest absolute Gasteiger partial charge is 0.503 e. The molecule has 3 rings (SSSR count). The van der Waals surface area contributed by atoms with Gasteiger partial charge < -0.3 is 24.4 Å². The number of aromatic nitrogens is 1. The number of rotatable bonds is 1. The first-order chi connectivity index (χ1) is 9.90. The molecule has 2 N–H and O–H groups in total. The SMILES string of the molecule is C[C@H]1CO[C@@H]2Cn3cc(C(=O)O)c(=O)c(O)c3C(=O)N2C1. The van der Waals surface area contributed by atoms with E-state index in [9.17, 15) is 19.5 Å². The van der Waals surface area contributed by atoms with Crippen molar-refractivity contribution in [2.75, 3.05) is 13.2 Å². The van der Waals surface area contributed by atoms with Gasteiger partial charge >= 0.3 is 5.97 Å². The van der Waals surface area contributed by atoms with Crippen molar-refractivity contribution >= 4 is 11.9 Å². The van der Waals surface area contributed by atoms with E-state index in [1.807, 2.05) is 6.92 Å². The van der Waals surface area contributed by atoms with Gasteiger partial charge in [-0.05, 0) is 5.92 Å². The number of hydrogen-bond donors (Lipinski definition) is 2. The van der Waals surface area contributed by atoms with Crippen LogP contribution in [0.4, 0.5) is 0 Å². The predicted octanol–water partition coefficient (Wildman–Crippen LogP) is -0.300. The standard InChI is InChI=1S/C13H14N2O6/c1-6-2-15-8(21-5-6)4-14-3-7(13(19)20)10(16)11(17)9(14)12(15)18/h3,6,8,17H,2,4-5H2,1H3,(H,19,20)/t6-,8-/m1/s1. The molecule has 21 heavy (non-hydrogen) atoms. The summed E-state index contributed by atoms with van der Waals surface area (Å²) < 4.78 is 6.85. The molecule has 1 aromatic rings. The Morgan fingerprint density at radius 3 is 2.76 bits per heavy atom. The summed E-state index contributed by atoms with van der Waals surface area (Å²) in [5.74, 6) is -2.64. The van der Waals surface area contributed by atoms with Crippen LogP contribution in [0.25, 0.3) is 0 Å². The lowest BCUT2D eigenvalue weighted by atomic mass is 10.1. The van der Waals surface area contributed by atoms with Gasteiger partial charge in [-0.1, -0.05) is 6.92 Å². The highest BCUT2D eigenvalue weighted by atomic mass is 16.5. The van der Waals surface area contributed by atoms with Crippen LogP contribution in [0.3, 0.4) is 0 Å².